The average Bonchev–Trinajstić information content (AvgIpc) is 2.99. The highest BCUT2D eigenvalue weighted by Gasteiger charge is 2.26. The lowest BCUT2D eigenvalue weighted by Crippen LogP contribution is -2.27. The Bertz CT molecular complexity index is 961. The number of carbonyl (C=O) groups excluding carboxylic acids is 1. The SMILES string of the molecule is COC(=O)C(Cc1c(Cc2ccccc2)n(C(=O)O)c2ccccc12)OC. The van der Waals surface area contributed by atoms with E-state index in [2.05, 4.69) is 0 Å². The van der Waals surface area contributed by atoms with Gasteiger partial charge in [-0.15, -0.1) is 0 Å². The molecule has 2 aromatic carbocycles. The number of hydrogen-bond acceptors (Lipinski definition) is 4. The second-order valence-corrected chi connectivity index (χ2v) is 6.17. The molecule has 0 saturated carbocycles. The molecule has 0 aliphatic heterocycles. The van der Waals surface area contributed by atoms with Crippen molar-refractivity contribution in [2.45, 2.75) is 18.9 Å². The summed E-state index contributed by atoms with van der Waals surface area (Å²) in [6, 6.07) is 16.9. The van der Waals surface area contributed by atoms with E-state index in [4.69, 9.17) is 9.47 Å². The Labute approximate surface area is 156 Å². The van der Waals surface area contributed by atoms with Gasteiger partial charge in [0.15, 0.2) is 6.10 Å². The molecule has 6 nitrogen and oxygen atoms in total. The van der Waals surface area contributed by atoms with Crippen LogP contribution in [-0.4, -0.2) is 42.1 Å². The van der Waals surface area contributed by atoms with Crippen molar-refractivity contribution in [2.75, 3.05) is 14.2 Å². The second kappa shape index (κ2) is 8.05. The lowest BCUT2D eigenvalue weighted by atomic mass is 10.00. The summed E-state index contributed by atoms with van der Waals surface area (Å²) in [5.41, 5.74) is 2.97. The third-order valence-corrected chi connectivity index (χ3v) is 4.63. The number of benzene rings is 2. The maximum atomic E-state index is 12.0. The first-order valence-corrected chi connectivity index (χ1v) is 8.55. The van der Waals surface area contributed by atoms with Gasteiger partial charge in [0.1, 0.15) is 0 Å². The van der Waals surface area contributed by atoms with Gasteiger partial charge < -0.3 is 14.6 Å². The van der Waals surface area contributed by atoms with E-state index in [1.165, 1.54) is 18.8 Å². The molecular weight excluding hydrogens is 346 g/mol. The molecule has 0 aliphatic carbocycles. The Hall–Kier alpha value is -3.12. The number of rotatable bonds is 6. The van der Waals surface area contributed by atoms with E-state index < -0.39 is 18.2 Å². The van der Waals surface area contributed by atoms with Gasteiger partial charge in [0.2, 0.25) is 0 Å². The highest BCUT2D eigenvalue weighted by molar-refractivity contribution is 5.93. The van der Waals surface area contributed by atoms with Crippen LogP contribution >= 0.6 is 0 Å². The fourth-order valence-corrected chi connectivity index (χ4v) is 3.36. The quantitative estimate of drug-likeness (QED) is 0.675. The molecule has 140 valence electrons. The lowest BCUT2D eigenvalue weighted by molar-refractivity contribution is -0.152. The van der Waals surface area contributed by atoms with Crippen molar-refractivity contribution < 1.29 is 24.2 Å². The summed E-state index contributed by atoms with van der Waals surface area (Å²) in [4.78, 5) is 24.0. The van der Waals surface area contributed by atoms with Crippen molar-refractivity contribution in [3.05, 3.63) is 71.4 Å². The predicted octanol–water partition coefficient (Wildman–Crippen LogP) is 3.49. The normalized spacial score (nSPS) is 12.1. The van der Waals surface area contributed by atoms with E-state index in [0.717, 1.165) is 16.5 Å². The molecule has 1 unspecified atom stereocenters. The van der Waals surface area contributed by atoms with E-state index >= 15 is 0 Å². The second-order valence-electron chi connectivity index (χ2n) is 6.17. The van der Waals surface area contributed by atoms with Crippen LogP contribution in [0, 0.1) is 0 Å². The highest BCUT2D eigenvalue weighted by Crippen LogP contribution is 2.30. The van der Waals surface area contributed by atoms with E-state index in [1.54, 1.807) is 12.1 Å². The van der Waals surface area contributed by atoms with Crippen LogP contribution in [0.1, 0.15) is 16.8 Å². The molecule has 0 spiro atoms. The van der Waals surface area contributed by atoms with Gasteiger partial charge in [-0.3, -0.25) is 0 Å². The van der Waals surface area contributed by atoms with Crippen LogP contribution in [0.3, 0.4) is 0 Å². The van der Waals surface area contributed by atoms with Crippen LogP contribution in [0.5, 0.6) is 0 Å². The predicted molar refractivity (Wildman–Crippen MR) is 101 cm³/mol. The zero-order chi connectivity index (χ0) is 19.4. The number of carbonyl (C=O) groups is 2. The molecule has 3 aromatic rings. The van der Waals surface area contributed by atoms with Crippen molar-refractivity contribution >= 4 is 23.0 Å². The van der Waals surface area contributed by atoms with Gasteiger partial charge in [0.05, 0.1) is 12.6 Å². The number of ether oxygens (including phenoxy) is 2. The van der Waals surface area contributed by atoms with Crippen LogP contribution in [0.4, 0.5) is 4.79 Å². The number of hydrogen-bond donors (Lipinski definition) is 1. The first-order chi connectivity index (χ1) is 13.1. The number of aromatic nitrogens is 1. The van der Waals surface area contributed by atoms with Gasteiger partial charge in [-0.05, 0) is 17.2 Å². The molecule has 1 N–H and O–H groups in total. The molecular formula is C21H21NO5. The Balaban J connectivity index is 2.18. The topological polar surface area (TPSA) is 77.8 Å². The largest absolute Gasteiger partial charge is 0.467 e. The number of para-hydroxylation sites is 1. The minimum atomic E-state index is -1.06. The molecule has 3 rings (SSSR count). The highest BCUT2D eigenvalue weighted by atomic mass is 16.6. The molecule has 1 heterocycles. The maximum Gasteiger partial charge on any atom is 0.416 e. The summed E-state index contributed by atoms with van der Waals surface area (Å²) in [6.07, 6.45) is -1.21. The van der Waals surface area contributed by atoms with Crippen molar-refractivity contribution in [1.29, 1.82) is 0 Å². The summed E-state index contributed by atoms with van der Waals surface area (Å²) in [5, 5.41) is 10.6. The molecule has 0 amide bonds. The molecule has 1 aromatic heterocycles. The first-order valence-electron chi connectivity index (χ1n) is 8.55. The molecule has 1 atom stereocenters. The Kier molecular flexibility index (Phi) is 5.57. The van der Waals surface area contributed by atoms with Gasteiger partial charge >= 0.3 is 12.1 Å². The zero-order valence-electron chi connectivity index (χ0n) is 15.2. The van der Waals surface area contributed by atoms with Crippen LogP contribution in [0.2, 0.25) is 0 Å². The summed E-state index contributed by atoms with van der Waals surface area (Å²) in [7, 11) is 2.74. The van der Waals surface area contributed by atoms with Gasteiger partial charge in [0.25, 0.3) is 0 Å². The van der Waals surface area contributed by atoms with Gasteiger partial charge in [-0.2, -0.15) is 0 Å². The van der Waals surface area contributed by atoms with Gasteiger partial charge in [-0.25, -0.2) is 14.2 Å². The summed E-state index contributed by atoms with van der Waals surface area (Å²) >= 11 is 0. The standard InChI is InChI=1S/C21H21NO5/c1-26-19(20(23)27-2)13-16-15-10-6-7-11-17(15)22(21(24)25)18(16)12-14-8-4-3-5-9-14/h3-11,19H,12-13H2,1-2H3,(H,24,25). The van der Waals surface area contributed by atoms with Crippen molar-refractivity contribution in [2.24, 2.45) is 0 Å². The third-order valence-electron chi connectivity index (χ3n) is 4.63. The van der Waals surface area contributed by atoms with E-state index in [-0.39, 0.29) is 6.42 Å². The average molecular weight is 367 g/mol. The van der Waals surface area contributed by atoms with Crippen molar-refractivity contribution in [3.8, 4) is 0 Å². The number of esters is 1. The smallest absolute Gasteiger partial charge is 0.416 e. The Morgan fingerprint density at radius 3 is 2.33 bits per heavy atom. The molecule has 0 bridgehead atoms. The lowest BCUT2D eigenvalue weighted by Gasteiger charge is -2.14. The van der Waals surface area contributed by atoms with Crippen LogP contribution in [0.15, 0.2) is 54.6 Å². The van der Waals surface area contributed by atoms with Crippen molar-refractivity contribution in [3.63, 3.8) is 0 Å². The zero-order valence-corrected chi connectivity index (χ0v) is 15.2. The summed E-state index contributed by atoms with van der Waals surface area (Å²) in [5.74, 6) is -0.490. The van der Waals surface area contributed by atoms with Gasteiger partial charge in [-0.1, -0.05) is 48.5 Å². The summed E-state index contributed by atoms with van der Waals surface area (Å²) < 4.78 is 11.4. The number of nitrogens with zero attached hydrogens (tertiary/aromatic N) is 1. The molecule has 0 aliphatic rings. The number of methoxy groups -OCH3 is 2. The molecule has 0 fully saturated rings. The van der Waals surface area contributed by atoms with E-state index in [1.807, 2.05) is 42.5 Å². The first kappa shape index (κ1) is 18.7. The number of fused-ring (bicyclic) bond motifs is 1. The summed E-state index contributed by atoms with van der Waals surface area (Å²) in [6.45, 7) is 0. The monoisotopic (exact) mass is 367 g/mol. The molecule has 0 saturated heterocycles. The molecule has 27 heavy (non-hydrogen) atoms. The van der Waals surface area contributed by atoms with Crippen LogP contribution in [-0.2, 0) is 27.1 Å². The van der Waals surface area contributed by atoms with E-state index in [9.17, 15) is 14.7 Å². The fourth-order valence-electron chi connectivity index (χ4n) is 3.36. The molecule has 0 radical (unpaired) electrons. The number of carboxylic acid groups (broad SMARTS) is 1. The molecule has 6 heteroatoms. The van der Waals surface area contributed by atoms with Crippen LogP contribution < -0.4 is 0 Å². The van der Waals surface area contributed by atoms with Gasteiger partial charge in [0, 0.05) is 31.0 Å². The van der Waals surface area contributed by atoms with Crippen LogP contribution in [0.25, 0.3) is 10.9 Å². The maximum absolute atomic E-state index is 12.0. The van der Waals surface area contributed by atoms with Crippen molar-refractivity contribution in [1.82, 2.24) is 4.57 Å². The fraction of sp³-hybridized carbons (Fsp3) is 0.238. The minimum Gasteiger partial charge on any atom is -0.467 e. The Morgan fingerprint density at radius 2 is 1.70 bits per heavy atom. The Morgan fingerprint density at radius 1 is 1.04 bits per heavy atom. The minimum absolute atomic E-state index is 0.228. The van der Waals surface area contributed by atoms with E-state index in [0.29, 0.717) is 17.6 Å². The third kappa shape index (κ3) is 3.71.